The number of aromatic nitrogens is 3. The molecule has 29 heavy (non-hydrogen) atoms. The highest BCUT2D eigenvalue weighted by Gasteiger charge is 2.34. The molecule has 2 heterocycles. The van der Waals surface area contributed by atoms with E-state index >= 15 is 0 Å². The zero-order chi connectivity index (χ0) is 20.6. The number of benzene rings is 2. The summed E-state index contributed by atoms with van der Waals surface area (Å²) in [6.45, 7) is 1.61. The summed E-state index contributed by atoms with van der Waals surface area (Å²) >= 11 is 1.13. The number of amides is 1. The van der Waals surface area contributed by atoms with Crippen molar-refractivity contribution in [1.29, 1.82) is 0 Å². The van der Waals surface area contributed by atoms with Crippen molar-refractivity contribution in [2.75, 3.05) is 5.32 Å². The predicted molar refractivity (Wildman–Crippen MR) is 106 cm³/mol. The van der Waals surface area contributed by atoms with Crippen LogP contribution in [0.15, 0.2) is 65.8 Å². The molecule has 0 fully saturated rings. The molecule has 0 aliphatic rings. The second-order valence-corrected chi connectivity index (χ2v) is 7.67. The van der Waals surface area contributed by atoms with Crippen molar-refractivity contribution in [3.63, 3.8) is 0 Å². The summed E-state index contributed by atoms with van der Waals surface area (Å²) in [5.41, 5.74) is 0.354. The third-order valence-corrected chi connectivity index (χ3v) is 5.43. The minimum Gasteiger partial charge on any atom is -0.325 e. The molecule has 0 spiro atoms. The van der Waals surface area contributed by atoms with E-state index in [-0.39, 0.29) is 5.69 Å². The molecule has 0 aliphatic carbocycles. The molecule has 1 atom stereocenters. The van der Waals surface area contributed by atoms with Gasteiger partial charge < -0.3 is 5.32 Å². The van der Waals surface area contributed by atoms with Crippen LogP contribution in [-0.2, 0) is 11.0 Å². The zero-order valence-electron chi connectivity index (χ0n) is 15.1. The number of nitrogens with one attached hydrogen (secondary N) is 1. The summed E-state index contributed by atoms with van der Waals surface area (Å²) in [7, 11) is 0. The first kappa shape index (κ1) is 19.3. The number of pyridine rings is 1. The van der Waals surface area contributed by atoms with Crippen LogP contribution in [-0.4, -0.2) is 25.8 Å². The number of nitrogens with zero attached hydrogens (tertiary/aromatic N) is 3. The highest BCUT2D eigenvalue weighted by Crippen LogP contribution is 2.35. The lowest BCUT2D eigenvalue weighted by Crippen LogP contribution is -2.24. The van der Waals surface area contributed by atoms with Crippen molar-refractivity contribution < 1.29 is 18.0 Å². The van der Waals surface area contributed by atoms with Gasteiger partial charge in [0.25, 0.3) is 0 Å². The Morgan fingerprint density at radius 2 is 1.76 bits per heavy atom. The maximum Gasteiger partial charge on any atom is 0.418 e. The number of alkyl halides is 3. The lowest BCUT2D eigenvalue weighted by atomic mass is 10.1. The molecule has 1 amide bonds. The Labute approximate surface area is 167 Å². The maximum absolute atomic E-state index is 13.1. The van der Waals surface area contributed by atoms with Crippen LogP contribution in [0.2, 0.25) is 0 Å². The van der Waals surface area contributed by atoms with E-state index in [4.69, 9.17) is 0 Å². The molecule has 4 rings (SSSR count). The normalized spacial score (nSPS) is 13.0. The zero-order valence-corrected chi connectivity index (χ0v) is 16.0. The fourth-order valence-electron chi connectivity index (χ4n) is 2.97. The van der Waals surface area contributed by atoms with Gasteiger partial charge in [0, 0.05) is 0 Å². The van der Waals surface area contributed by atoms with Crippen LogP contribution < -0.4 is 5.32 Å². The number of halogens is 3. The van der Waals surface area contributed by atoms with Gasteiger partial charge in [0.15, 0.2) is 10.8 Å². The van der Waals surface area contributed by atoms with E-state index in [1.54, 1.807) is 6.92 Å². The summed E-state index contributed by atoms with van der Waals surface area (Å²) in [4.78, 5) is 12.6. The van der Waals surface area contributed by atoms with Crippen LogP contribution in [0.1, 0.15) is 12.5 Å². The maximum atomic E-state index is 13.1. The lowest BCUT2D eigenvalue weighted by molar-refractivity contribution is -0.137. The van der Waals surface area contributed by atoms with Gasteiger partial charge in [-0.15, -0.1) is 10.2 Å². The molecule has 0 bridgehead atoms. The minimum absolute atomic E-state index is 0.269. The van der Waals surface area contributed by atoms with Crippen molar-refractivity contribution in [3.8, 4) is 0 Å². The van der Waals surface area contributed by atoms with E-state index in [0.717, 1.165) is 28.7 Å². The topological polar surface area (TPSA) is 59.3 Å². The Balaban J connectivity index is 1.60. The van der Waals surface area contributed by atoms with Gasteiger partial charge in [0.05, 0.1) is 22.0 Å². The Morgan fingerprint density at radius 3 is 2.55 bits per heavy atom. The summed E-state index contributed by atoms with van der Waals surface area (Å²) in [6.07, 6.45) is -4.55. The number of rotatable bonds is 4. The summed E-state index contributed by atoms with van der Waals surface area (Å²) in [6, 6.07) is 16.3. The third kappa shape index (κ3) is 3.77. The second kappa shape index (κ2) is 7.40. The summed E-state index contributed by atoms with van der Waals surface area (Å²) < 4.78 is 41.3. The average molecular weight is 416 g/mol. The molecule has 4 aromatic rings. The smallest absolute Gasteiger partial charge is 0.325 e. The Hall–Kier alpha value is -3.07. The fourth-order valence-corrected chi connectivity index (χ4v) is 3.84. The predicted octanol–water partition coefficient (Wildman–Crippen LogP) is 5.02. The van der Waals surface area contributed by atoms with E-state index in [0.29, 0.717) is 10.8 Å². The number of hydrogen-bond donors (Lipinski definition) is 1. The van der Waals surface area contributed by atoms with Crippen molar-refractivity contribution in [2.45, 2.75) is 23.5 Å². The second-order valence-electron chi connectivity index (χ2n) is 6.36. The van der Waals surface area contributed by atoms with E-state index < -0.39 is 22.9 Å². The third-order valence-electron chi connectivity index (χ3n) is 4.39. The molecule has 0 saturated heterocycles. The molecule has 0 saturated carbocycles. The van der Waals surface area contributed by atoms with E-state index in [1.165, 1.54) is 18.2 Å². The monoisotopic (exact) mass is 416 g/mol. The molecule has 0 radical (unpaired) electrons. The van der Waals surface area contributed by atoms with Crippen LogP contribution in [0.5, 0.6) is 0 Å². The molecular formula is C20H15F3N4OS. The molecule has 148 valence electrons. The van der Waals surface area contributed by atoms with Crippen LogP contribution in [0.4, 0.5) is 18.9 Å². The van der Waals surface area contributed by atoms with Gasteiger partial charge in [-0.25, -0.2) is 0 Å². The number of anilines is 1. The highest BCUT2D eigenvalue weighted by molar-refractivity contribution is 8.00. The van der Waals surface area contributed by atoms with Gasteiger partial charge in [-0.1, -0.05) is 42.1 Å². The van der Waals surface area contributed by atoms with E-state index in [2.05, 4.69) is 15.5 Å². The van der Waals surface area contributed by atoms with Crippen LogP contribution in [0, 0.1) is 0 Å². The molecule has 0 unspecified atom stereocenters. The van der Waals surface area contributed by atoms with Gasteiger partial charge in [-0.2, -0.15) is 13.2 Å². The quantitative estimate of drug-likeness (QED) is 0.475. The van der Waals surface area contributed by atoms with Crippen molar-refractivity contribution >= 4 is 39.9 Å². The molecule has 2 aromatic heterocycles. The summed E-state index contributed by atoms with van der Waals surface area (Å²) in [5, 5.41) is 11.4. The Bertz CT molecular complexity index is 1210. The first-order valence-corrected chi connectivity index (χ1v) is 9.59. The molecule has 2 aromatic carbocycles. The standard InChI is InChI=1S/C20H15F3N4OS/c1-12(18(28)24-15-8-4-3-7-14(15)20(21,22)23)29-19-26-25-17-11-10-13-6-2-5-9-16(13)27(17)19/h2-12H,1H3,(H,24,28)/t12-/m0/s1. The highest BCUT2D eigenvalue weighted by atomic mass is 32.2. The first-order valence-electron chi connectivity index (χ1n) is 8.71. The number of para-hydroxylation sites is 2. The van der Waals surface area contributed by atoms with Crippen molar-refractivity contribution in [3.05, 3.63) is 66.2 Å². The molecule has 0 aliphatic heterocycles. The molecule has 1 N–H and O–H groups in total. The Kier molecular flexibility index (Phi) is 4.91. The average Bonchev–Trinajstić information content (AvgIpc) is 3.11. The number of carbonyl (C=O) groups excluding carboxylic acids is 1. The number of carbonyl (C=O) groups is 1. The van der Waals surface area contributed by atoms with Gasteiger partial charge >= 0.3 is 6.18 Å². The fraction of sp³-hybridized carbons (Fsp3) is 0.150. The lowest BCUT2D eigenvalue weighted by Gasteiger charge is -2.16. The molecule has 9 heteroatoms. The van der Waals surface area contributed by atoms with Gasteiger partial charge in [0.2, 0.25) is 5.91 Å². The van der Waals surface area contributed by atoms with Crippen LogP contribution >= 0.6 is 11.8 Å². The van der Waals surface area contributed by atoms with E-state index in [1.807, 2.05) is 40.8 Å². The minimum atomic E-state index is -4.55. The van der Waals surface area contributed by atoms with Gasteiger partial charge in [0.1, 0.15) is 0 Å². The van der Waals surface area contributed by atoms with Crippen LogP contribution in [0.25, 0.3) is 16.6 Å². The number of fused-ring (bicyclic) bond motifs is 3. The Morgan fingerprint density at radius 1 is 1.03 bits per heavy atom. The van der Waals surface area contributed by atoms with Crippen molar-refractivity contribution in [2.24, 2.45) is 0 Å². The molecule has 5 nitrogen and oxygen atoms in total. The van der Waals surface area contributed by atoms with Crippen molar-refractivity contribution in [1.82, 2.24) is 14.6 Å². The largest absolute Gasteiger partial charge is 0.418 e. The first-order chi connectivity index (χ1) is 13.8. The number of thioether (sulfide) groups is 1. The number of hydrogen-bond acceptors (Lipinski definition) is 4. The van der Waals surface area contributed by atoms with Crippen LogP contribution in [0.3, 0.4) is 0 Å². The SMILES string of the molecule is C[C@H](Sc1nnc2ccc3ccccc3n12)C(=O)Nc1ccccc1C(F)(F)F. The molecular weight excluding hydrogens is 401 g/mol. The summed E-state index contributed by atoms with van der Waals surface area (Å²) in [5.74, 6) is -0.552. The van der Waals surface area contributed by atoms with E-state index in [9.17, 15) is 18.0 Å². The van der Waals surface area contributed by atoms with Gasteiger partial charge in [-0.05, 0) is 42.6 Å². The van der Waals surface area contributed by atoms with Gasteiger partial charge in [-0.3, -0.25) is 9.20 Å².